The van der Waals surface area contributed by atoms with E-state index in [0.717, 1.165) is 28.0 Å². The molecule has 136 valence electrons. The summed E-state index contributed by atoms with van der Waals surface area (Å²) >= 11 is 1.72. The first kappa shape index (κ1) is 17.6. The third-order valence-corrected chi connectivity index (χ3v) is 5.76. The number of thioether (sulfide) groups is 1. The standard InChI is InChI=1S/C22H22N4S/c1-25(2)19-12-7-10-17(14-19)21-23-24-22(26(21)3)27-15-18-11-6-9-16-8-4-5-13-20(16)18/h4-14H,15H2,1-3H3. The van der Waals surface area contributed by atoms with Crippen LogP contribution >= 0.6 is 11.8 Å². The van der Waals surface area contributed by atoms with Gasteiger partial charge in [0.15, 0.2) is 11.0 Å². The maximum absolute atomic E-state index is 4.43. The molecule has 4 nitrogen and oxygen atoms in total. The van der Waals surface area contributed by atoms with Crippen molar-refractivity contribution in [2.24, 2.45) is 7.05 Å². The van der Waals surface area contributed by atoms with E-state index in [9.17, 15) is 0 Å². The van der Waals surface area contributed by atoms with Crippen LogP contribution in [0.4, 0.5) is 5.69 Å². The molecular weight excluding hydrogens is 352 g/mol. The van der Waals surface area contributed by atoms with Gasteiger partial charge in [-0.15, -0.1) is 10.2 Å². The van der Waals surface area contributed by atoms with E-state index in [2.05, 4.69) is 86.4 Å². The van der Waals surface area contributed by atoms with Gasteiger partial charge in [0.2, 0.25) is 0 Å². The van der Waals surface area contributed by atoms with Crippen LogP contribution in [0.1, 0.15) is 5.56 Å². The van der Waals surface area contributed by atoms with Crippen LogP contribution in [0.2, 0.25) is 0 Å². The van der Waals surface area contributed by atoms with Gasteiger partial charge < -0.3 is 9.47 Å². The van der Waals surface area contributed by atoms with Crippen LogP contribution in [0.3, 0.4) is 0 Å². The average Bonchev–Trinajstić information content (AvgIpc) is 3.07. The highest BCUT2D eigenvalue weighted by Crippen LogP contribution is 2.29. The molecule has 0 aliphatic carbocycles. The maximum atomic E-state index is 4.43. The van der Waals surface area contributed by atoms with E-state index in [1.165, 1.54) is 16.3 Å². The zero-order valence-electron chi connectivity index (χ0n) is 15.8. The second-order valence-electron chi connectivity index (χ2n) is 6.74. The maximum Gasteiger partial charge on any atom is 0.191 e. The predicted octanol–water partition coefficient (Wildman–Crippen LogP) is 4.99. The first-order valence-electron chi connectivity index (χ1n) is 8.90. The molecule has 0 amide bonds. The minimum Gasteiger partial charge on any atom is -0.378 e. The fourth-order valence-corrected chi connectivity index (χ4v) is 4.09. The summed E-state index contributed by atoms with van der Waals surface area (Å²) in [5.74, 6) is 1.75. The molecule has 0 saturated carbocycles. The van der Waals surface area contributed by atoms with Gasteiger partial charge in [-0.25, -0.2) is 0 Å². The van der Waals surface area contributed by atoms with Crippen LogP contribution in [0, 0.1) is 0 Å². The smallest absolute Gasteiger partial charge is 0.191 e. The van der Waals surface area contributed by atoms with E-state index in [1.807, 2.05) is 21.1 Å². The lowest BCUT2D eigenvalue weighted by Crippen LogP contribution is -2.08. The number of hydrogen-bond donors (Lipinski definition) is 0. The Morgan fingerprint density at radius 1 is 0.926 bits per heavy atom. The minimum atomic E-state index is 0.866. The molecule has 0 radical (unpaired) electrons. The Morgan fingerprint density at radius 2 is 1.70 bits per heavy atom. The summed E-state index contributed by atoms with van der Waals surface area (Å²) in [6, 6.07) is 23.3. The van der Waals surface area contributed by atoms with Gasteiger partial charge in [0.25, 0.3) is 0 Å². The number of aromatic nitrogens is 3. The van der Waals surface area contributed by atoms with Crippen molar-refractivity contribution >= 4 is 28.2 Å². The Morgan fingerprint density at radius 3 is 2.56 bits per heavy atom. The van der Waals surface area contributed by atoms with Gasteiger partial charge in [0.1, 0.15) is 0 Å². The van der Waals surface area contributed by atoms with Gasteiger partial charge >= 0.3 is 0 Å². The molecule has 0 aliphatic heterocycles. The van der Waals surface area contributed by atoms with E-state index in [0.29, 0.717) is 0 Å². The summed E-state index contributed by atoms with van der Waals surface area (Å²) in [5, 5.41) is 12.4. The SMILES string of the molecule is CN(C)c1cccc(-c2nnc(SCc3cccc4ccccc34)n2C)c1. The normalized spacial score (nSPS) is 11.1. The molecule has 0 N–H and O–H groups in total. The molecule has 3 aromatic carbocycles. The van der Waals surface area contributed by atoms with Gasteiger partial charge in [-0.3, -0.25) is 0 Å². The van der Waals surface area contributed by atoms with Crippen LogP contribution in [-0.4, -0.2) is 28.9 Å². The van der Waals surface area contributed by atoms with Gasteiger partial charge in [-0.1, -0.05) is 66.4 Å². The van der Waals surface area contributed by atoms with E-state index in [-0.39, 0.29) is 0 Å². The van der Waals surface area contributed by atoms with Gasteiger partial charge in [0.05, 0.1) is 0 Å². The van der Waals surface area contributed by atoms with Crippen molar-refractivity contribution in [3.63, 3.8) is 0 Å². The van der Waals surface area contributed by atoms with Crippen molar-refractivity contribution in [2.75, 3.05) is 19.0 Å². The lowest BCUT2D eigenvalue weighted by molar-refractivity contribution is 0.794. The highest BCUT2D eigenvalue weighted by atomic mass is 32.2. The number of benzene rings is 3. The minimum absolute atomic E-state index is 0.866. The quantitative estimate of drug-likeness (QED) is 0.461. The van der Waals surface area contributed by atoms with E-state index in [4.69, 9.17) is 0 Å². The molecule has 0 fully saturated rings. The molecule has 0 aliphatic rings. The zero-order chi connectivity index (χ0) is 18.8. The monoisotopic (exact) mass is 374 g/mol. The second-order valence-corrected chi connectivity index (χ2v) is 7.68. The third-order valence-electron chi connectivity index (χ3n) is 4.69. The summed E-state index contributed by atoms with van der Waals surface area (Å²) < 4.78 is 2.07. The van der Waals surface area contributed by atoms with Gasteiger partial charge in [-0.05, 0) is 28.5 Å². The molecule has 4 aromatic rings. The molecule has 5 heteroatoms. The molecule has 1 aromatic heterocycles. The zero-order valence-corrected chi connectivity index (χ0v) is 16.6. The summed E-state index contributed by atoms with van der Waals surface area (Å²) in [5.41, 5.74) is 3.55. The third kappa shape index (κ3) is 3.55. The van der Waals surface area contributed by atoms with E-state index < -0.39 is 0 Å². The highest BCUT2D eigenvalue weighted by molar-refractivity contribution is 7.98. The predicted molar refractivity (Wildman–Crippen MR) is 114 cm³/mol. The van der Waals surface area contributed by atoms with Gasteiger partial charge in [0, 0.05) is 38.1 Å². The topological polar surface area (TPSA) is 34.0 Å². The first-order chi connectivity index (χ1) is 13.1. The fraction of sp³-hybridized carbons (Fsp3) is 0.182. The van der Waals surface area contributed by atoms with E-state index >= 15 is 0 Å². The Balaban J connectivity index is 1.59. The molecule has 0 bridgehead atoms. The van der Waals surface area contributed by atoms with Crippen LogP contribution in [0.5, 0.6) is 0 Å². The van der Waals surface area contributed by atoms with Crippen molar-refractivity contribution < 1.29 is 0 Å². The lowest BCUT2D eigenvalue weighted by atomic mass is 10.1. The number of anilines is 1. The summed E-state index contributed by atoms with van der Waals surface area (Å²) in [6.45, 7) is 0. The average molecular weight is 375 g/mol. The Hall–Kier alpha value is -2.79. The first-order valence-corrected chi connectivity index (χ1v) is 9.88. The molecule has 4 rings (SSSR count). The molecule has 1 heterocycles. The lowest BCUT2D eigenvalue weighted by Gasteiger charge is -2.13. The summed E-state index contributed by atoms with van der Waals surface area (Å²) in [7, 11) is 6.12. The number of hydrogen-bond acceptors (Lipinski definition) is 4. The number of fused-ring (bicyclic) bond motifs is 1. The van der Waals surface area contributed by atoms with Crippen molar-refractivity contribution in [1.82, 2.24) is 14.8 Å². The van der Waals surface area contributed by atoms with Crippen molar-refractivity contribution in [3.05, 3.63) is 72.3 Å². The largest absolute Gasteiger partial charge is 0.378 e. The van der Waals surface area contributed by atoms with Crippen LogP contribution in [0.15, 0.2) is 71.9 Å². The number of rotatable bonds is 5. The summed E-state index contributed by atoms with van der Waals surface area (Å²) in [6.07, 6.45) is 0. The van der Waals surface area contributed by atoms with Crippen LogP contribution in [-0.2, 0) is 12.8 Å². The highest BCUT2D eigenvalue weighted by Gasteiger charge is 2.13. The van der Waals surface area contributed by atoms with Crippen LogP contribution < -0.4 is 4.90 Å². The fourth-order valence-electron chi connectivity index (χ4n) is 3.18. The van der Waals surface area contributed by atoms with Crippen molar-refractivity contribution in [2.45, 2.75) is 10.9 Å². The Labute approximate surface area is 163 Å². The van der Waals surface area contributed by atoms with Crippen molar-refractivity contribution in [3.8, 4) is 11.4 Å². The molecule has 0 atom stereocenters. The molecule has 0 saturated heterocycles. The molecule has 0 spiro atoms. The van der Waals surface area contributed by atoms with Crippen molar-refractivity contribution in [1.29, 1.82) is 0 Å². The number of nitrogens with zero attached hydrogens (tertiary/aromatic N) is 4. The molecule has 27 heavy (non-hydrogen) atoms. The summed E-state index contributed by atoms with van der Waals surface area (Å²) in [4.78, 5) is 2.09. The molecule has 0 unspecified atom stereocenters. The molecular formula is C22H22N4S. The van der Waals surface area contributed by atoms with E-state index in [1.54, 1.807) is 11.8 Å². The Bertz CT molecular complexity index is 1080. The Kier molecular flexibility index (Phi) is 4.86. The van der Waals surface area contributed by atoms with Crippen LogP contribution in [0.25, 0.3) is 22.2 Å². The second kappa shape index (κ2) is 7.45. The van der Waals surface area contributed by atoms with Gasteiger partial charge in [-0.2, -0.15) is 0 Å².